The number of nitrogens with zero attached hydrogens (tertiary/aromatic N) is 2. The van der Waals surface area contributed by atoms with Crippen LogP contribution >= 0.6 is 0 Å². The lowest BCUT2D eigenvalue weighted by molar-refractivity contribution is 0.0936. The van der Waals surface area contributed by atoms with E-state index in [0.717, 1.165) is 16.5 Å². The van der Waals surface area contributed by atoms with Gasteiger partial charge in [0.15, 0.2) is 5.69 Å². The first-order valence-corrected chi connectivity index (χ1v) is 6.39. The number of amides is 1. The van der Waals surface area contributed by atoms with Gasteiger partial charge in [-0.25, -0.2) is 0 Å². The Morgan fingerprint density at radius 3 is 2.90 bits per heavy atom. The second-order valence-electron chi connectivity index (χ2n) is 4.60. The van der Waals surface area contributed by atoms with E-state index in [-0.39, 0.29) is 11.9 Å². The predicted molar refractivity (Wildman–Crippen MR) is 76.2 cm³/mol. The number of benzene rings is 1. The molecule has 5 heteroatoms. The smallest absolute Gasteiger partial charge is 0.272 e. The Labute approximate surface area is 116 Å². The molecule has 100 valence electrons. The van der Waals surface area contributed by atoms with Gasteiger partial charge in [-0.1, -0.05) is 24.3 Å². The summed E-state index contributed by atoms with van der Waals surface area (Å²) in [6.07, 6.45) is 3.45. The van der Waals surface area contributed by atoms with Crippen LogP contribution in [0.3, 0.4) is 0 Å². The quantitative estimate of drug-likeness (QED) is 0.765. The molecule has 0 radical (unpaired) electrons. The van der Waals surface area contributed by atoms with Crippen LogP contribution < -0.4 is 5.32 Å². The summed E-state index contributed by atoms with van der Waals surface area (Å²) >= 11 is 0. The van der Waals surface area contributed by atoms with Crippen molar-refractivity contribution >= 4 is 16.8 Å². The van der Waals surface area contributed by atoms with Crippen molar-refractivity contribution in [3.05, 3.63) is 60.0 Å². The molecular formula is C15H14N4O. The molecule has 2 heterocycles. The molecule has 20 heavy (non-hydrogen) atoms. The zero-order chi connectivity index (χ0) is 13.9. The van der Waals surface area contributed by atoms with E-state index in [4.69, 9.17) is 0 Å². The first-order chi connectivity index (χ1) is 9.75. The summed E-state index contributed by atoms with van der Waals surface area (Å²) in [5, 5.41) is 10.7. The fourth-order valence-electron chi connectivity index (χ4n) is 2.12. The average molecular weight is 266 g/mol. The third-order valence-electron chi connectivity index (χ3n) is 3.22. The fraction of sp³-hybridized carbons (Fsp3) is 0.133. The van der Waals surface area contributed by atoms with Gasteiger partial charge in [0.25, 0.3) is 5.91 Å². The highest BCUT2D eigenvalue weighted by Crippen LogP contribution is 2.16. The Hall–Kier alpha value is -2.69. The number of carbonyl (C=O) groups excluding carboxylic acids is 1. The number of hydrogen-bond donors (Lipinski definition) is 2. The first kappa shape index (κ1) is 12.3. The van der Waals surface area contributed by atoms with Crippen LogP contribution in [-0.2, 0) is 0 Å². The largest absolute Gasteiger partial charge is 0.344 e. The molecule has 3 rings (SSSR count). The molecule has 1 amide bonds. The molecule has 3 aromatic rings. The minimum atomic E-state index is -0.196. The van der Waals surface area contributed by atoms with Crippen LogP contribution in [0.5, 0.6) is 0 Å². The minimum absolute atomic E-state index is 0.119. The van der Waals surface area contributed by atoms with E-state index in [1.807, 2.05) is 43.3 Å². The Bertz CT molecular complexity index is 736. The number of pyridine rings is 1. The van der Waals surface area contributed by atoms with E-state index < -0.39 is 0 Å². The molecular weight excluding hydrogens is 252 g/mol. The predicted octanol–water partition coefficient (Wildman–Crippen LogP) is 2.45. The number of H-pyrrole nitrogens is 1. The van der Waals surface area contributed by atoms with Crippen molar-refractivity contribution in [1.29, 1.82) is 0 Å². The van der Waals surface area contributed by atoms with E-state index >= 15 is 0 Å². The third kappa shape index (κ3) is 2.25. The van der Waals surface area contributed by atoms with E-state index in [9.17, 15) is 4.79 Å². The lowest BCUT2D eigenvalue weighted by atomic mass is 10.1. The molecule has 0 aliphatic carbocycles. The van der Waals surface area contributed by atoms with E-state index in [2.05, 4.69) is 20.5 Å². The maximum Gasteiger partial charge on any atom is 0.272 e. The molecule has 0 saturated carbocycles. The molecule has 1 aromatic carbocycles. The standard InChI is InChI=1S/C15H14N4O/c1-10(11-5-4-8-16-9-11)17-15(20)14-12-6-2-3-7-13(12)18-19-14/h2-10H,1H3,(H,17,20)(H,18,19)/t10-/m1/s1. The normalized spacial score (nSPS) is 12.2. The van der Waals surface area contributed by atoms with Crippen molar-refractivity contribution in [2.75, 3.05) is 0 Å². The van der Waals surface area contributed by atoms with Crippen LogP contribution in [0.25, 0.3) is 10.9 Å². The van der Waals surface area contributed by atoms with Gasteiger partial charge in [0, 0.05) is 17.8 Å². The SMILES string of the molecule is C[C@@H](NC(=O)c1n[nH]c2ccccc12)c1cccnc1. The lowest BCUT2D eigenvalue weighted by Gasteiger charge is -2.12. The summed E-state index contributed by atoms with van der Waals surface area (Å²) in [5.41, 5.74) is 2.23. The van der Waals surface area contributed by atoms with E-state index in [1.165, 1.54) is 0 Å². The Morgan fingerprint density at radius 1 is 1.25 bits per heavy atom. The highest BCUT2D eigenvalue weighted by atomic mass is 16.2. The highest BCUT2D eigenvalue weighted by molar-refractivity contribution is 6.04. The summed E-state index contributed by atoms with van der Waals surface area (Å²) in [6, 6.07) is 11.2. The number of aromatic nitrogens is 3. The molecule has 0 aliphatic rings. The molecule has 0 bridgehead atoms. The first-order valence-electron chi connectivity index (χ1n) is 6.39. The zero-order valence-electron chi connectivity index (χ0n) is 11.0. The third-order valence-corrected chi connectivity index (χ3v) is 3.22. The van der Waals surface area contributed by atoms with E-state index in [0.29, 0.717) is 5.69 Å². The van der Waals surface area contributed by atoms with E-state index in [1.54, 1.807) is 12.4 Å². The fourth-order valence-corrected chi connectivity index (χ4v) is 2.12. The van der Waals surface area contributed by atoms with Gasteiger partial charge in [-0.2, -0.15) is 5.10 Å². The summed E-state index contributed by atoms with van der Waals surface area (Å²) in [6.45, 7) is 1.92. The molecule has 2 N–H and O–H groups in total. The molecule has 5 nitrogen and oxygen atoms in total. The molecule has 0 unspecified atom stereocenters. The molecule has 0 spiro atoms. The second-order valence-corrected chi connectivity index (χ2v) is 4.60. The van der Waals surface area contributed by atoms with Gasteiger partial charge in [-0.3, -0.25) is 14.9 Å². The van der Waals surface area contributed by atoms with Crippen LogP contribution in [0.1, 0.15) is 29.0 Å². The second kappa shape index (κ2) is 5.13. The summed E-state index contributed by atoms with van der Waals surface area (Å²) < 4.78 is 0. The van der Waals surface area contributed by atoms with Gasteiger partial charge in [-0.15, -0.1) is 0 Å². The maximum absolute atomic E-state index is 12.3. The van der Waals surface area contributed by atoms with Crippen molar-refractivity contribution < 1.29 is 4.79 Å². The van der Waals surface area contributed by atoms with Gasteiger partial charge in [0.1, 0.15) is 0 Å². The number of fused-ring (bicyclic) bond motifs is 1. The minimum Gasteiger partial charge on any atom is -0.344 e. The molecule has 2 aromatic heterocycles. The molecule has 1 atom stereocenters. The zero-order valence-corrected chi connectivity index (χ0v) is 11.0. The molecule has 0 saturated heterocycles. The van der Waals surface area contributed by atoms with Gasteiger partial charge in [0.05, 0.1) is 11.6 Å². The van der Waals surface area contributed by atoms with Gasteiger partial charge >= 0.3 is 0 Å². The van der Waals surface area contributed by atoms with Crippen LogP contribution in [0.15, 0.2) is 48.8 Å². The Balaban J connectivity index is 1.83. The molecule has 0 aliphatic heterocycles. The topological polar surface area (TPSA) is 70.7 Å². The van der Waals surface area contributed by atoms with Crippen molar-refractivity contribution in [3.63, 3.8) is 0 Å². The number of rotatable bonds is 3. The monoisotopic (exact) mass is 266 g/mol. The highest BCUT2D eigenvalue weighted by Gasteiger charge is 2.16. The molecule has 0 fully saturated rings. The number of hydrogen-bond acceptors (Lipinski definition) is 3. The van der Waals surface area contributed by atoms with Gasteiger partial charge in [-0.05, 0) is 24.6 Å². The Morgan fingerprint density at radius 2 is 2.10 bits per heavy atom. The number of carbonyl (C=O) groups is 1. The number of aromatic amines is 1. The summed E-state index contributed by atoms with van der Waals surface area (Å²) in [5.74, 6) is -0.196. The van der Waals surface area contributed by atoms with Crippen LogP contribution in [-0.4, -0.2) is 21.1 Å². The van der Waals surface area contributed by atoms with Crippen molar-refractivity contribution in [1.82, 2.24) is 20.5 Å². The van der Waals surface area contributed by atoms with Gasteiger partial charge in [0.2, 0.25) is 0 Å². The van der Waals surface area contributed by atoms with Gasteiger partial charge < -0.3 is 5.32 Å². The van der Waals surface area contributed by atoms with Crippen molar-refractivity contribution in [2.24, 2.45) is 0 Å². The maximum atomic E-state index is 12.3. The lowest BCUT2D eigenvalue weighted by Crippen LogP contribution is -2.27. The van der Waals surface area contributed by atoms with Crippen molar-refractivity contribution in [2.45, 2.75) is 13.0 Å². The van der Waals surface area contributed by atoms with Crippen molar-refractivity contribution in [3.8, 4) is 0 Å². The number of nitrogens with one attached hydrogen (secondary N) is 2. The summed E-state index contributed by atoms with van der Waals surface area (Å²) in [7, 11) is 0. The van der Waals surface area contributed by atoms with Crippen LogP contribution in [0.2, 0.25) is 0 Å². The van der Waals surface area contributed by atoms with Crippen LogP contribution in [0.4, 0.5) is 0 Å². The summed E-state index contributed by atoms with van der Waals surface area (Å²) in [4.78, 5) is 16.3. The van der Waals surface area contributed by atoms with Crippen LogP contribution in [0, 0.1) is 0 Å². The number of para-hydroxylation sites is 1. The Kier molecular flexibility index (Phi) is 3.16. The average Bonchev–Trinajstić information content (AvgIpc) is 2.92.